The van der Waals surface area contributed by atoms with Crippen molar-refractivity contribution in [3.05, 3.63) is 59.1 Å². The van der Waals surface area contributed by atoms with Crippen LogP contribution >= 0.6 is 11.3 Å². The van der Waals surface area contributed by atoms with E-state index in [2.05, 4.69) is 9.71 Å². The second-order valence-corrected chi connectivity index (χ2v) is 8.54. The van der Waals surface area contributed by atoms with Gasteiger partial charge < -0.3 is 0 Å². The number of para-hydroxylation sites is 1. The highest BCUT2D eigenvalue weighted by atomic mass is 32.2. The van der Waals surface area contributed by atoms with Gasteiger partial charge in [0.15, 0.2) is 5.78 Å². The number of nitrogens with zero attached hydrogens (tertiary/aromatic N) is 1. The van der Waals surface area contributed by atoms with E-state index in [9.17, 15) is 13.2 Å². The summed E-state index contributed by atoms with van der Waals surface area (Å²) in [5.74, 6) is -0.159. The zero-order chi connectivity index (χ0) is 17.9. The smallest absolute Gasteiger partial charge is 0.240 e. The maximum Gasteiger partial charge on any atom is 0.240 e. The van der Waals surface area contributed by atoms with E-state index < -0.39 is 10.0 Å². The summed E-state index contributed by atoms with van der Waals surface area (Å²) in [5, 5.41) is 0.999. The van der Waals surface area contributed by atoms with Crippen LogP contribution in [0.25, 0.3) is 10.2 Å². The maximum atomic E-state index is 12.3. The summed E-state index contributed by atoms with van der Waals surface area (Å²) in [6.45, 7) is 1.74. The van der Waals surface area contributed by atoms with E-state index in [1.54, 1.807) is 23.5 Å². The number of hydrogen-bond donors (Lipinski definition) is 1. The van der Waals surface area contributed by atoms with Gasteiger partial charge in [-0.05, 0) is 37.6 Å². The Morgan fingerprint density at radius 3 is 2.72 bits per heavy atom. The number of Topliss-reactive ketones (excluding diaryl/α,β-unsaturated/α-hetero) is 1. The molecule has 2 aromatic carbocycles. The van der Waals surface area contributed by atoms with Gasteiger partial charge in [0.05, 0.1) is 20.1 Å². The van der Waals surface area contributed by atoms with Crippen LogP contribution in [0, 0.1) is 0 Å². The topological polar surface area (TPSA) is 76.1 Å². The van der Waals surface area contributed by atoms with Crippen LogP contribution in [-0.4, -0.2) is 25.7 Å². The Bertz CT molecular complexity index is 977. The zero-order valence-electron chi connectivity index (χ0n) is 13.7. The Balaban J connectivity index is 1.59. The first kappa shape index (κ1) is 17.7. The lowest BCUT2D eigenvalue weighted by atomic mass is 10.2. The molecule has 0 amide bonds. The molecule has 7 heteroatoms. The van der Waals surface area contributed by atoms with Crippen LogP contribution in [0.4, 0.5) is 0 Å². The van der Waals surface area contributed by atoms with Crippen molar-refractivity contribution in [3.8, 4) is 0 Å². The van der Waals surface area contributed by atoms with Gasteiger partial charge >= 0.3 is 0 Å². The van der Waals surface area contributed by atoms with Gasteiger partial charge in [-0.1, -0.05) is 24.3 Å². The third-order valence-corrected chi connectivity index (χ3v) is 6.30. The van der Waals surface area contributed by atoms with Gasteiger partial charge in [0.1, 0.15) is 0 Å². The highest BCUT2D eigenvalue weighted by molar-refractivity contribution is 7.89. The molecule has 25 heavy (non-hydrogen) atoms. The largest absolute Gasteiger partial charge is 0.295 e. The monoisotopic (exact) mass is 374 g/mol. The normalized spacial score (nSPS) is 11.7. The summed E-state index contributed by atoms with van der Waals surface area (Å²) >= 11 is 1.63. The number of carbonyl (C=O) groups excluding carboxylic acids is 1. The summed E-state index contributed by atoms with van der Waals surface area (Å²) in [4.78, 5) is 16.0. The number of aromatic nitrogens is 1. The first-order valence-corrected chi connectivity index (χ1v) is 10.2. The molecule has 0 fully saturated rings. The molecule has 0 aliphatic heterocycles. The molecule has 0 saturated heterocycles. The highest BCUT2D eigenvalue weighted by Gasteiger charge is 2.14. The second kappa shape index (κ2) is 7.43. The predicted molar refractivity (Wildman–Crippen MR) is 99.6 cm³/mol. The molecule has 0 bridgehead atoms. The van der Waals surface area contributed by atoms with Crippen LogP contribution in [0.3, 0.4) is 0 Å². The maximum absolute atomic E-state index is 12.3. The predicted octanol–water partition coefficient (Wildman–Crippen LogP) is 3.41. The van der Waals surface area contributed by atoms with Crippen molar-refractivity contribution in [2.75, 3.05) is 6.54 Å². The molecule has 0 saturated carbocycles. The minimum atomic E-state index is -3.61. The van der Waals surface area contributed by atoms with Gasteiger partial charge in [0.25, 0.3) is 0 Å². The second-order valence-electron chi connectivity index (χ2n) is 5.66. The number of carbonyl (C=O) groups is 1. The van der Waals surface area contributed by atoms with Crippen LogP contribution in [0.5, 0.6) is 0 Å². The molecule has 1 aromatic heterocycles. The van der Waals surface area contributed by atoms with Crippen molar-refractivity contribution >= 4 is 37.4 Å². The molecule has 5 nitrogen and oxygen atoms in total. The van der Waals surface area contributed by atoms with Gasteiger partial charge in [-0.15, -0.1) is 11.3 Å². The fourth-order valence-corrected chi connectivity index (χ4v) is 4.57. The van der Waals surface area contributed by atoms with E-state index in [4.69, 9.17) is 0 Å². The number of sulfonamides is 1. The van der Waals surface area contributed by atoms with E-state index in [1.807, 2.05) is 24.3 Å². The first-order valence-electron chi connectivity index (χ1n) is 7.91. The molecular formula is C18H18N2O3S2. The van der Waals surface area contributed by atoms with Gasteiger partial charge in [-0.25, -0.2) is 18.1 Å². The van der Waals surface area contributed by atoms with E-state index in [-0.39, 0.29) is 10.7 Å². The Morgan fingerprint density at radius 1 is 1.16 bits per heavy atom. The molecule has 0 spiro atoms. The number of nitrogens with one attached hydrogen (secondary N) is 1. The van der Waals surface area contributed by atoms with Gasteiger partial charge in [0.2, 0.25) is 10.0 Å². The minimum absolute atomic E-state index is 0.111. The van der Waals surface area contributed by atoms with Crippen LogP contribution in [0.1, 0.15) is 28.7 Å². The van der Waals surface area contributed by atoms with E-state index in [0.29, 0.717) is 18.5 Å². The molecular weight excluding hydrogens is 356 g/mol. The van der Waals surface area contributed by atoms with Crippen molar-refractivity contribution in [2.24, 2.45) is 0 Å². The van der Waals surface area contributed by atoms with Crippen molar-refractivity contribution < 1.29 is 13.2 Å². The lowest BCUT2D eigenvalue weighted by Gasteiger charge is -2.07. The van der Waals surface area contributed by atoms with Crippen molar-refractivity contribution in [3.63, 3.8) is 0 Å². The van der Waals surface area contributed by atoms with Crippen LogP contribution in [-0.2, 0) is 16.4 Å². The lowest BCUT2D eigenvalue weighted by molar-refractivity contribution is 0.101. The summed E-state index contributed by atoms with van der Waals surface area (Å²) < 4.78 is 28.4. The number of ketones is 1. The SMILES string of the molecule is CC(=O)c1cccc(S(=O)(=O)NCCCc2nc3ccccc3s2)c1. The summed E-state index contributed by atoms with van der Waals surface area (Å²) in [6, 6.07) is 14.0. The molecule has 0 radical (unpaired) electrons. The summed E-state index contributed by atoms with van der Waals surface area (Å²) in [6.07, 6.45) is 1.38. The van der Waals surface area contributed by atoms with Crippen LogP contribution < -0.4 is 4.72 Å². The molecule has 1 N–H and O–H groups in total. The van der Waals surface area contributed by atoms with Crippen LogP contribution in [0.2, 0.25) is 0 Å². The first-order chi connectivity index (χ1) is 12.0. The van der Waals surface area contributed by atoms with Gasteiger partial charge in [-0.3, -0.25) is 4.79 Å². The van der Waals surface area contributed by atoms with E-state index in [1.165, 1.54) is 19.1 Å². The van der Waals surface area contributed by atoms with Crippen molar-refractivity contribution in [1.29, 1.82) is 0 Å². The number of rotatable bonds is 7. The lowest BCUT2D eigenvalue weighted by Crippen LogP contribution is -2.25. The number of aryl methyl sites for hydroxylation is 1. The van der Waals surface area contributed by atoms with Crippen molar-refractivity contribution in [2.45, 2.75) is 24.7 Å². The van der Waals surface area contributed by atoms with Gasteiger partial charge in [-0.2, -0.15) is 0 Å². The summed E-state index contributed by atoms with van der Waals surface area (Å²) in [7, 11) is -3.61. The Hall–Kier alpha value is -2.09. The molecule has 0 atom stereocenters. The fraction of sp³-hybridized carbons (Fsp3) is 0.222. The molecule has 0 unspecified atom stereocenters. The third kappa shape index (κ3) is 4.31. The molecule has 3 rings (SSSR count). The van der Waals surface area contributed by atoms with E-state index >= 15 is 0 Å². The molecule has 0 aliphatic carbocycles. The third-order valence-electron chi connectivity index (χ3n) is 3.75. The quantitative estimate of drug-likeness (QED) is 0.508. The van der Waals surface area contributed by atoms with Crippen LogP contribution in [0.15, 0.2) is 53.4 Å². The van der Waals surface area contributed by atoms with E-state index in [0.717, 1.165) is 21.6 Å². The number of hydrogen-bond acceptors (Lipinski definition) is 5. The minimum Gasteiger partial charge on any atom is -0.295 e. The Labute approximate surface area is 150 Å². The summed E-state index contributed by atoms with van der Waals surface area (Å²) in [5.41, 5.74) is 1.36. The standard InChI is InChI=1S/C18H18N2O3S2/c1-13(21)14-6-4-7-15(12-14)25(22,23)19-11-5-10-18-20-16-8-2-3-9-17(16)24-18/h2-4,6-9,12,19H,5,10-11H2,1H3. The fourth-order valence-electron chi connectivity index (χ4n) is 2.44. The molecule has 0 aliphatic rings. The van der Waals surface area contributed by atoms with Gasteiger partial charge in [0, 0.05) is 18.5 Å². The average molecular weight is 374 g/mol. The number of thiazole rings is 1. The molecule has 130 valence electrons. The zero-order valence-corrected chi connectivity index (χ0v) is 15.4. The number of benzene rings is 2. The molecule has 3 aromatic rings. The van der Waals surface area contributed by atoms with Crippen molar-refractivity contribution in [1.82, 2.24) is 9.71 Å². The Kier molecular flexibility index (Phi) is 5.27. The Morgan fingerprint density at radius 2 is 1.96 bits per heavy atom. The number of fused-ring (bicyclic) bond motifs is 1. The average Bonchev–Trinajstić information content (AvgIpc) is 3.01. The highest BCUT2D eigenvalue weighted by Crippen LogP contribution is 2.22. The molecule has 1 heterocycles.